The van der Waals surface area contributed by atoms with Crippen molar-refractivity contribution in [2.75, 3.05) is 25.6 Å². The van der Waals surface area contributed by atoms with Crippen molar-refractivity contribution >= 4 is 17.5 Å². The Balaban J connectivity index is 1.71. The van der Waals surface area contributed by atoms with E-state index in [0.29, 0.717) is 17.8 Å². The second kappa shape index (κ2) is 11.1. The van der Waals surface area contributed by atoms with Crippen LogP contribution in [0.5, 0.6) is 5.75 Å². The Kier molecular flexibility index (Phi) is 8.25. The largest absolute Gasteiger partial charge is 0.497 e. The highest BCUT2D eigenvalue weighted by Gasteiger charge is 2.34. The van der Waals surface area contributed by atoms with E-state index in [9.17, 15) is 14.7 Å². The lowest BCUT2D eigenvalue weighted by molar-refractivity contribution is -0.155. The van der Waals surface area contributed by atoms with Gasteiger partial charge in [0.15, 0.2) is 0 Å². The number of aliphatic hydroxyl groups is 1. The number of morpholine rings is 1. The molecule has 2 amide bonds. The van der Waals surface area contributed by atoms with Crippen LogP contribution in [0.25, 0.3) is 0 Å². The Labute approximate surface area is 189 Å². The smallest absolute Gasteiger partial charge is 0.249 e. The first kappa shape index (κ1) is 23.8. The predicted octanol–water partition coefficient (Wildman–Crippen LogP) is 3.53. The van der Waals surface area contributed by atoms with Crippen molar-refractivity contribution in [2.24, 2.45) is 5.92 Å². The van der Waals surface area contributed by atoms with Crippen molar-refractivity contribution in [1.29, 1.82) is 0 Å². The Hall–Kier alpha value is -2.90. The monoisotopic (exact) mass is 440 g/mol. The number of carbonyl (C=O) groups is 2. The molecule has 3 rings (SSSR count). The van der Waals surface area contributed by atoms with Crippen molar-refractivity contribution in [3.63, 3.8) is 0 Å². The number of anilines is 1. The molecule has 0 aromatic heterocycles. The summed E-state index contributed by atoms with van der Waals surface area (Å²) in [4.78, 5) is 26.6. The highest BCUT2D eigenvalue weighted by atomic mass is 16.5. The third-order valence-corrected chi connectivity index (χ3v) is 5.99. The van der Waals surface area contributed by atoms with Gasteiger partial charge in [-0.2, -0.15) is 0 Å². The number of hydrogen-bond acceptors (Lipinski definition) is 5. The van der Waals surface area contributed by atoms with E-state index in [1.165, 1.54) is 0 Å². The molecule has 7 nitrogen and oxygen atoms in total. The first-order chi connectivity index (χ1) is 15.5. The number of aliphatic hydroxyl groups excluding tert-OH is 1. The van der Waals surface area contributed by atoms with E-state index >= 15 is 0 Å². The quantitative estimate of drug-likeness (QED) is 0.623. The number of nitrogens with one attached hydrogen (secondary N) is 1. The zero-order chi connectivity index (χ0) is 23.1. The van der Waals surface area contributed by atoms with Gasteiger partial charge in [0.2, 0.25) is 11.8 Å². The molecule has 0 saturated carbocycles. The second-order valence-corrected chi connectivity index (χ2v) is 8.02. The Morgan fingerprint density at radius 2 is 1.81 bits per heavy atom. The summed E-state index contributed by atoms with van der Waals surface area (Å²) >= 11 is 0. The molecule has 1 saturated heterocycles. The summed E-state index contributed by atoms with van der Waals surface area (Å²) in [5, 5.41) is 14.0. The summed E-state index contributed by atoms with van der Waals surface area (Å²) in [6.07, 6.45) is 0.666. The molecule has 0 radical (unpaired) electrons. The lowest BCUT2D eigenvalue weighted by Crippen LogP contribution is -2.51. The summed E-state index contributed by atoms with van der Waals surface area (Å²) in [5.74, 6) is 0.567. The first-order valence-electron chi connectivity index (χ1n) is 11.1. The molecule has 0 aliphatic carbocycles. The van der Waals surface area contributed by atoms with Gasteiger partial charge < -0.3 is 24.8 Å². The molecule has 0 unspecified atom stereocenters. The lowest BCUT2D eigenvalue weighted by Gasteiger charge is -2.38. The Bertz CT molecular complexity index is 894. The number of methoxy groups -OCH3 is 1. The van der Waals surface area contributed by atoms with Gasteiger partial charge in [0, 0.05) is 18.2 Å². The maximum absolute atomic E-state index is 12.6. The number of nitrogens with zero attached hydrogens (tertiary/aromatic N) is 1. The number of carbonyl (C=O) groups excluding carboxylic acids is 2. The van der Waals surface area contributed by atoms with Crippen LogP contribution in [0.3, 0.4) is 0 Å². The molecular weight excluding hydrogens is 408 g/mol. The van der Waals surface area contributed by atoms with Gasteiger partial charge in [0.1, 0.15) is 18.5 Å². The fourth-order valence-corrected chi connectivity index (χ4v) is 3.91. The van der Waals surface area contributed by atoms with Gasteiger partial charge in [0.25, 0.3) is 0 Å². The average molecular weight is 441 g/mol. The van der Waals surface area contributed by atoms with E-state index in [2.05, 4.69) is 5.32 Å². The number of ether oxygens (including phenoxy) is 2. The Morgan fingerprint density at radius 3 is 2.41 bits per heavy atom. The third-order valence-electron chi connectivity index (χ3n) is 5.99. The van der Waals surface area contributed by atoms with Crippen molar-refractivity contribution in [3.05, 3.63) is 59.7 Å². The summed E-state index contributed by atoms with van der Waals surface area (Å²) in [6, 6.07) is 14.1. The van der Waals surface area contributed by atoms with Crippen molar-refractivity contribution in [2.45, 2.75) is 45.4 Å². The van der Waals surface area contributed by atoms with Crippen molar-refractivity contribution < 1.29 is 24.2 Å². The maximum atomic E-state index is 12.6. The maximum Gasteiger partial charge on any atom is 0.249 e. The highest BCUT2D eigenvalue weighted by molar-refractivity contribution is 5.92. The molecule has 1 fully saturated rings. The number of benzene rings is 2. The molecule has 2 atom stereocenters. The number of amides is 2. The van der Waals surface area contributed by atoms with E-state index in [4.69, 9.17) is 9.47 Å². The van der Waals surface area contributed by atoms with Crippen LogP contribution in [0.4, 0.5) is 5.69 Å². The summed E-state index contributed by atoms with van der Waals surface area (Å²) in [7, 11) is 1.61. The molecule has 172 valence electrons. The number of hydrogen-bond donors (Lipinski definition) is 2. The van der Waals surface area contributed by atoms with Gasteiger partial charge >= 0.3 is 0 Å². The molecule has 7 heteroatoms. The van der Waals surface area contributed by atoms with Gasteiger partial charge in [-0.25, -0.2) is 0 Å². The van der Waals surface area contributed by atoms with Gasteiger partial charge in [-0.1, -0.05) is 38.1 Å². The molecule has 1 aliphatic heterocycles. The van der Waals surface area contributed by atoms with Crippen molar-refractivity contribution in [1.82, 2.24) is 4.90 Å². The molecule has 2 N–H and O–H groups in total. The minimum atomic E-state index is -0.915. The third kappa shape index (κ3) is 5.66. The van der Waals surface area contributed by atoms with Crippen LogP contribution in [-0.4, -0.2) is 48.2 Å². The zero-order valence-electron chi connectivity index (χ0n) is 18.9. The molecule has 2 aromatic rings. The summed E-state index contributed by atoms with van der Waals surface area (Å²) in [6.45, 7) is 4.62. The first-order valence-corrected chi connectivity index (χ1v) is 11.1. The second-order valence-electron chi connectivity index (χ2n) is 8.02. The van der Waals surface area contributed by atoms with Gasteiger partial charge in [-0.15, -0.1) is 0 Å². The average Bonchev–Trinajstić information content (AvgIpc) is 2.81. The SMILES string of the molecule is CCC(CC)C(=O)Nc1ccc([C@@H](O)[C@H]2COCC(=O)N2Cc2ccc(OC)cc2)cc1. The zero-order valence-corrected chi connectivity index (χ0v) is 18.9. The van der Waals surface area contributed by atoms with Gasteiger partial charge in [-0.3, -0.25) is 9.59 Å². The molecule has 1 heterocycles. The Morgan fingerprint density at radius 1 is 1.16 bits per heavy atom. The summed E-state index contributed by atoms with van der Waals surface area (Å²) in [5.41, 5.74) is 2.29. The van der Waals surface area contributed by atoms with E-state index in [0.717, 1.165) is 24.2 Å². The standard InChI is InChI=1S/C25H32N2O5/c1-4-18(5-2)25(30)26-20-10-8-19(9-11-20)24(29)22-15-32-16-23(28)27(22)14-17-6-12-21(31-3)13-7-17/h6-13,18,22,24,29H,4-5,14-16H2,1-3H3,(H,26,30)/t22-,24-/m1/s1. The molecule has 2 aromatic carbocycles. The van der Waals surface area contributed by atoms with Crippen LogP contribution >= 0.6 is 0 Å². The molecule has 0 spiro atoms. The van der Waals surface area contributed by atoms with Crippen LogP contribution in [0.2, 0.25) is 0 Å². The molecule has 1 aliphatic rings. The van der Waals surface area contributed by atoms with Crippen LogP contribution in [0, 0.1) is 5.92 Å². The van der Waals surface area contributed by atoms with Crippen LogP contribution in [-0.2, 0) is 20.9 Å². The number of rotatable bonds is 9. The van der Waals surface area contributed by atoms with Gasteiger partial charge in [0.05, 0.1) is 19.8 Å². The van der Waals surface area contributed by atoms with E-state index < -0.39 is 12.1 Å². The fourth-order valence-electron chi connectivity index (χ4n) is 3.91. The van der Waals surface area contributed by atoms with Crippen LogP contribution in [0.1, 0.15) is 43.9 Å². The highest BCUT2D eigenvalue weighted by Crippen LogP contribution is 2.27. The fraction of sp³-hybridized carbons (Fsp3) is 0.440. The van der Waals surface area contributed by atoms with E-state index in [1.807, 2.05) is 38.1 Å². The molecule has 32 heavy (non-hydrogen) atoms. The topological polar surface area (TPSA) is 88.1 Å². The van der Waals surface area contributed by atoms with Crippen LogP contribution in [0.15, 0.2) is 48.5 Å². The minimum Gasteiger partial charge on any atom is -0.497 e. The van der Waals surface area contributed by atoms with E-state index in [-0.39, 0.29) is 30.9 Å². The van der Waals surface area contributed by atoms with E-state index in [1.54, 1.807) is 36.3 Å². The summed E-state index contributed by atoms with van der Waals surface area (Å²) < 4.78 is 10.6. The normalized spacial score (nSPS) is 17.3. The van der Waals surface area contributed by atoms with Crippen LogP contribution < -0.4 is 10.1 Å². The molecule has 0 bridgehead atoms. The predicted molar refractivity (Wildman–Crippen MR) is 122 cm³/mol. The minimum absolute atomic E-state index is 0.000224. The molecular formula is C25H32N2O5. The van der Waals surface area contributed by atoms with Crippen molar-refractivity contribution in [3.8, 4) is 5.75 Å². The van der Waals surface area contributed by atoms with Gasteiger partial charge in [-0.05, 0) is 48.2 Å². The lowest BCUT2D eigenvalue weighted by atomic mass is 9.99.